The van der Waals surface area contributed by atoms with E-state index in [9.17, 15) is 9.59 Å². The molecule has 0 radical (unpaired) electrons. The zero-order valence-electron chi connectivity index (χ0n) is 11.6. The predicted octanol–water partition coefficient (Wildman–Crippen LogP) is 1.93. The van der Waals surface area contributed by atoms with Crippen LogP contribution in [0.25, 0.3) is 0 Å². The second-order valence-electron chi connectivity index (χ2n) is 5.36. The number of aromatic nitrogens is 2. The van der Waals surface area contributed by atoms with Crippen molar-refractivity contribution in [2.45, 2.75) is 24.9 Å². The monoisotopic (exact) mass is 319 g/mol. The number of aliphatic carboxylic acids is 1. The second-order valence-corrected chi connectivity index (χ2v) is 5.77. The van der Waals surface area contributed by atoms with Gasteiger partial charge in [0.25, 0.3) is 5.91 Å². The molecule has 1 saturated carbocycles. The normalized spacial score (nSPS) is 15.3. The van der Waals surface area contributed by atoms with Gasteiger partial charge in [-0.25, -0.2) is 4.79 Å². The van der Waals surface area contributed by atoms with Crippen LogP contribution < -0.4 is 5.32 Å². The maximum absolute atomic E-state index is 12.1. The number of carboxylic acids is 1. The first-order chi connectivity index (χ1) is 10.5. The van der Waals surface area contributed by atoms with Gasteiger partial charge in [-0.3, -0.25) is 9.48 Å². The number of benzene rings is 1. The molecular formula is C15H14ClN3O3. The molecule has 0 bridgehead atoms. The first kappa shape index (κ1) is 14.6. The summed E-state index contributed by atoms with van der Waals surface area (Å²) < 4.78 is 1.59. The molecule has 1 aliphatic rings. The van der Waals surface area contributed by atoms with E-state index in [2.05, 4.69) is 10.4 Å². The fourth-order valence-corrected chi connectivity index (χ4v) is 2.37. The Labute approximate surface area is 131 Å². The molecule has 2 aromatic rings. The third kappa shape index (κ3) is 2.82. The van der Waals surface area contributed by atoms with Gasteiger partial charge in [-0.15, -0.1) is 0 Å². The van der Waals surface area contributed by atoms with E-state index in [1.54, 1.807) is 16.9 Å². The first-order valence-corrected chi connectivity index (χ1v) is 7.20. The molecule has 22 heavy (non-hydrogen) atoms. The highest BCUT2D eigenvalue weighted by Crippen LogP contribution is 2.35. The highest BCUT2D eigenvalue weighted by molar-refractivity contribution is 6.31. The molecule has 1 aromatic carbocycles. The number of nitrogens with zero attached hydrogens (tertiary/aromatic N) is 2. The van der Waals surface area contributed by atoms with E-state index >= 15 is 0 Å². The van der Waals surface area contributed by atoms with E-state index in [-0.39, 0.29) is 0 Å². The van der Waals surface area contributed by atoms with Gasteiger partial charge in [0.05, 0.1) is 18.3 Å². The molecule has 2 N–H and O–H groups in total. The topological polar surface area (TPSA) is 84.2 Å². The Balaban J connectivity index is 1.70. The van der Waals surface area contributed by atoms with Gasteiger partial charge < -0.3 is 10.4 Å². The average molecular weight is 320 g/mol. The number of carboxylic acid groups (broad SMARTS) is 1. The Morgan fingerprint density at radius 2 is 2.09 bits per heavy atom. The maximum atomic E-state index is 12.1. The molecule has 0 saturated heterocycles. The summed E-state index contributed by atoms with van der Waals surface area (Å²) in [6, 6.07) is 7.39. The Morgan fingerprint density at radius 1 is 1.36 bits per heavy atom. The lowest BCUT2D eigenvalue weighted by molar-refractivity contribution is -0.140. The van der Waals surface area contributed by atoms with Crippen LogP contribution in [0.3, 0.4) is 0 Å². The number of carbonyl (C=O) groups excluding carboxylic acids is 1. The van der Waals surface area contributed by atoms with Crippen LogP contribution in [0, 0.1) is 0 Å². The SMILES string of the molecule is O=C(NC1(C(=O)O)CC1)c1cnn(Cc2ccccc2Cl)c1. The minimum atomic E-state index is -1.10. The Morgan fingerprint density at radius 3 is 2.73 bits per heavy atom. The fraction of sp³-hybridized carbons (Fsp3) is 0.267. The van der Waals surface area contributed by atoms with Gasteiger partial charge in [0.2, 0.25) is 0 Å². The summed E-state index contributed by atoms with van der Waals surface area (Å²) in [5, 5.41) is 16.4. The molecule has 1 aromatic heterocycles. The van der Waals surface area contributed by atoms with Crippen LogP contribution in [0.15, 0.2) is 36.7 Å². The summed E-state index contributed by atoms with van der Waals surface area (Å²) in [6.45, 7) is 0.441. The van der Waals surface area contributed by atoms with E-state index in [4.69, 9.17) is 16.7 Å². The van der Waals surface area contributed by atoms with Gasteiger partial charge in [0.1, 0.15) is 5.54 Å². The van der Waals surface area contributed by atoms with Crippen molar-refractivity contribution in [2.24, 2.45) is 0 Å². The van der Waals surface area contributed by atoms with Gasteiger partial charge in [-0.05, 0) is 24.5 Å². The highest BCUT2D eigenvalue weighted by Gasteiger charge is 2.51. The number of rotatable bonds is 5. The predicted molar refractivity (Wildman–Crippen MR) is 79.8 cm³/mol. The zero-order valence-corrected chi connectivity index (χ0v) is 12.4. The van der Waals surface area contributed by atoms with Crippen LogP contribution in [0.4, 0.5) is 0 Å². The van der Waals surface area contributed by atoms with E-state index in [0.717, 1.165) is 5.56 Å². The third-order valence-electron chi connectivity index (χ3n) is 3.70. The molecule has 1 amide bonds. The van der Waals surface area contributed by atoms with E-state index in [0.29, 0.717) is 30.0 Å². The van der Waals surface area contributed by atoms with Crippen molar-refractivity contribution in [1.82, 2.24) is 15.1 Å². The first-order valence-electron chi connectivity index (χ1n) is 6.82. The number of hydrogen-bond donors (Lipinski definition) is 2. The number of amides is 1. The molecule has 0 atom stereocenters. The van der Waals surface area contributed by atoms with Gasteiger partial charge in [0, 0.05) is 11.2 Å². The minimum absolute atomic E-state index is 0.333. The Bertz CT molecular complexity index is 737. The number of nitrogens with one attached hydrogen (secondary N) is 1. The van der Waals surface area contributed by atoms with Gasteiger partial charge >= 0.3 is 5.97 Å². The van der Waals surface area contributed by atoms with Gasteiger partial charge in [-0.2, -0.15) is 5.10 Å². The maximum Gasteiger partial charge on any atom is 0.329 e. The smallest absolute Gasteiger partial charge is 0.329 e. The lowest BCUT2D eigenvalue weighted by Crippen LogP contribution is -2.42. The summed E-state index contributed by atoms with van der Waals surface area (Å²) in [6.07, 6.45) is 3.92. The molecule has 0 unspecified atom stereocenters. The summed E-state index contributed by atoms with van der Waals surface area (Å²) in [4.78, 5) is 23.2. The molecule has 3 rings (SSSR count). The number of carbonyl (C=O) groups is 2. The van der Waals surface area contributed by atoms with Crippen LogP contribution in [0.2, 0.25) is 5.02 Å². The van der Waals surface area contributed by atoms with Crippen molar-refractivity contribution < 1.29 is 14.7 Å². The van der Waals surface area contributed by atoms with Crippen LogP contribution in [0.1, 0.15) is 28.8 Å². The third-order valence-corrected chi connectivity index (χ3v) is 4.07. The molecule has 0 spiro atoms. The molecule has 6 nitrogen and oxygen atoms in total. The molecular weight excluding hydrogens is 306 g/mol. The molecule has 1 fully saturated rings. The highest BCUT2D eigenvalue weighted by atomic mass is 35.5. The minimum Gasteiger partial charge on any atom is -0.480 e. The fourth-order valence-electron chi connectivity index (χ4n) is 2.18. The van der Waals surface area contributed by atoms with Crippen LogP contribution in [0.5, 0.6) is 0 Å². The van der Waals surface area contributed by atoms with Crippen molar-refractivity contribution in [3.8, 4) is 0 Å². The summed E-state index contributed by atoms with van der Waals surface area (Å²) in [5.74, 6) is -1.42. The Hall–Kier alpha value is -2.34. The second kappa shape index (κ2) is 5.46. The lowest BCUT2D eigenvalue weighted by Gasteiger charge is -2.10. The average Bonchev–Trinajstić information content (AvgIpc) is 3.11. The van der Waals surface area contributed by atoms with Crippen molar-refractivity contribution >= 4 is 23.5 Å². The summed E-state index contributed by atoms with van der Waals surface area (Å²) in [7, 11) is 0. The summed E-state index contributed by atoms with van der Waals surface area (Å²) >= 11 is 6.09. The number of hydrogen-bond acceptors (Lipinski definition) is 3. The standard InChI is InChI=1S/C15H14ClN3O3/c16-12-4-2-1-3-10(12)8-19-9-11(7-17-19)13(20)18-15(5-6-15)14(21)22/h1-4,7,9H,5-6,8H2,(H,18,20)(H,21,22). The van der Waals surface area contributed by atoms with Crippen molar-refractivity contribution in [3.63, 3.8) is 0 Å². The molecule has 0 aliphatic heterocycles. The van der Waals surface area contributed by atoms with Crippen LogP contribution >= 0.6 is 11.6 Å². The molecule has 1 aliphatic carbocycles. The van der Waals surface area contributed by atoms with Gasteiger partial charge in [0.15, 0.2) is 0 Å². The van der Waals surface area contributed by atoms with Crippen molar-refractivity contribution in [1.29, 1.82) is 0 Å². The number of halogens is 1. The van der Waals surface area contributed by atoms with E-state index < -0.39 is 17.4 Å². The van der Waals surface area contributed by atoms with E-state index in [1.807, 2.05) is 18.2 Å². The van der Waals surface area contributed by atoms with Crippen LogP contribution in [-0.2, 0) is 11.3 Å². The lowest BCUT2D eigenvalue weighted by atomic mass is 10.2. The van der Waals surface area contributed by atoms with E-state index in [1.165, 1.54) is 6.20 Å². The molecule has 114 valence electrons. The van der Waals surface area contributed by atoms with Gasteiger partial charge in [-0.1, -0.05) is 29.8 Å². The Kier molecular flexibility index (Phi) is 3.62. The van der Waals surface area contributed by atoms with Crippen molar-refractivity contribution in [2.75, 3.05) is 0 Å². The molecule has 1 heterocycles. The quantitative estimate of drug-likeness (QED) is 0.882. The zero-order chi connectivity index (χ0) is 15.7. The van der Waals surface area contributed by atoms with Crippen LogP contribution in [-0.4, -0.2) is 32.3 Å². The largest absolute Gasteiger partial charge is 0.480 e. The molecule has 7 heteroatoms. The van der Waals surface area contributed by atoms with Crippen molar-refractivity contribution in [3.05, 3.63) is 52.8 Å². The summed E-state index contributed by atoms with van der Waals surface area (Å²) in [5.41, 5.74) is 0.130.